The second-order valence-electron chi connectivity index (χ2n) is 13.7. The topological polar surface area (TPSA) is 188 Å². The zero-order valence-corrected chi connectivity index (χ0v) is 29.6. The zero-order valence-electron chi connectivity index (χ0n) is 29.6. The molecule has 56 heavy (non-hydrogen) atoms. The Morgan fingerprint density at radius 3 is 1.38 bits per heavy atom. The summed E-state index contributed by atoms with van der Waals surface area (Å²) >= 11 is 0. The summed E-state index contributed by atoms with van der Waals surface area (Å²) in [6.45, 7) is 3.84. The third kappa shape index (κ3) is 7.99. The summed E-state index contributed by atoms with van der Waals surface area (Å²) in [5, 5.41) is 7.43. The van der Waals surface area contributed by atoms with Crippen molar-refractivity contribution in [3.63, 3.8) is 0 Å². The number of rotatable bonds is 6. The van der Waals surface area contributed by atoms with Crippen molar-refractivity contribution in [2.24, 2.45) is 23.7 Å². The van der Waals surface area contributed by atoms with Gasteiger partial charge in [0.05, 0.1) is 35.1 Å². The second-order valence-corrected chi connectivity index (χ2v) is 13.7. The van der Waals surface area contributed by atoms with Crippen LogP contribution in [-0.4, -0.2) is 54.1 Å². The number of amides is 2. The molecule has 0 saturated heterocycles. The summed E-state index contributed by atoms with van der Waals surface area (Å²) in [5.41, 5.74) is 16.8. The quantitative estimate of drug-likeness (QED) is 0.124. The van der Waals surface area contributed by atoms with Gasteiger partial charge in [-0.1, -0.05) is 0 Å². The standard InChI is InChI=1S/2C19H16F3N5O/c2*1-9-2-3-24-7-12(9)15-4-10-5-16(25-8-13(10)17(23)26-15)27-18(28)11-6-14(11)19(20,21)22/h2*2-5,7-8,11,14H,6H2,1H3,(H2,23,26)(H,25,27,28)/t11?,14-;11-,14-/m01/s1. The number of nitrogens with zero attached hydrogens (tertiary/aromatic N) is 6. The lowest BCUT2D eigenvalue weighted by molar-refractivity contribution is -0.154. The highest BCUT2D eigenvalue weighted by Gasteiger charge is 2.59. The molecule has 0 radical (unpaired) electrons. The van der Waals surface area contributed by atoms with E-state index in [2.05, 4.69) is 40.5 Å². The lowest BCUT2D eigenvalue weighted by Gasteiger charge is -2.10. The summed E-state index contributed by atoms with van der Waals surface area (Å²) in [6.07, 6.45) is 0.510. The zero-order chi connectivity index (χ0) is 40.1. The molecule has 288 valence electrons. The van der Waals surface area contributed by atoms with E-state index in [-0.39, 0.29) is 36.1 Å². The molecule has 18 heteroatoms. The minimum absolute atomic E-state index is 0.171. The molecule has 6 aromatic heterocycles. The SMILES string of the molecule is Cc1ccncc1-c1cc2cc(NC(=O)C3C[C@@H]3C(F)(F)F)ncc2c(N)n1.Cc1ccncc1-c1cc2cc(NC(=O)[C@@H]3C[C@H]3C(F)(F)F)ncc2c(N)n1. The van der Waals surface area contributed by atoms with Crippen molar-refractivity contribution < 1.29 is 35.9 Å². The molecule has 6 N–H and O–H groups in total. The first-order valence-electron chi connectivity index (χ1n) is 17.2. The first kappa shape index (κ1) is 37.8. The Labute approximate surface area is 314 Å². The van der Waals surface area contributed by atoms with Crippen molar-refractivity contribution >= 4 is 56.6 Å². The van der Waals surface area contributed by atoms with Gasteiger partial charge in [-0.3, -0.25) is 19.6 Å². The van der Waals surface area contributed by atoms with E-state index in [0.717, 1.165) is 22.3 Å². The predicted molar refractivity (Wildman–Crippen MR) is 196 cm³/mol. The summed E-state index contributed by atoms with van der Waals surface area (Å²) in [5.74, 6) is -5.77. The van der Waals surface area contributed by atoms with Crippen molar-refractivity contribution in [3.05, 3.63) is 84.7 Å². The van der Waals surface area contributed by atoms with E-state index in [1.165, 1.54) is 12.4 Å². The van der Waals surface area contributed by atoms with Crippen LogP contribution in [0, 0.1) is 37.5 Å². The molecule has 4 atom stereocenters. The van der Waals surface area contributed by atoms with Crippen molar-refractivity contribution in [2.75, 3.05) is 22.1 Å². The van der Waals surface area contributed by atoms with Crippen LogP contribution >= 0.6 is 0 Å². The molecule has 0 aromatic carbocycles. The lowest BCUT2D eigenvalue weighted by atomic mass is 10.1. The number of aromatic nitrogens is 6. The van der Waals surface area contributed by atoms with Crippen LogP contribution in [0.3, 0.4) is 0 Å². The van der Waals surface area contributed by atoms with Crippen LogP contribution in [0.15, 0.2) is 73.6 Å². The normalized spacial score (nSPS) is 18.9. The molecule has 0 aliphatic heterocycles. The minimum atomic E-state index is -4.35. The molecule has 1 unspecified atom stereocenters. The largest absolute Gasteiger partial charge is 0.392 e. The van der Waals surface area contributed by atoms with Crippen LogP contribution in [0.25, 0.3) is 44.1 Å². The molecule has 0 spiro atoms. The number of anilines is 4. The maximum absolute atomic E-state index is 12.7. The van der Waals surface area contributed by atoms with Gasteiger partial charge in [-0.25, -0.2) is 19.9 Å². The van der Waals surface area contributed by atoms with Crippen molar-refractivity contribution in [1.82, 2.24) is 29.9 Å². The Balaban J connectivity index is 0.000000172. The second kappa shape index (κ2) is 14.3. The number of hydrogen-bond acceptors (Lipinski definition) is 10. The third-order valence-corrected chi connectivity index (χ3v) is 9.72. The number of alkyl halides is 6. The molecule has 8 rings (SSSR count). The van der Waals surface area contributed by atoms with Gasteiger partial charge in [0.2, 0.25) is 11.8 Å². The van der Waals surface area contributed by atoms with Crippen LogP contribution in [0.4, 0.5) is 49.6 Å². The fourth-order valence-corrected chi connectivity index (χ4v) is 6.36. The van der Waals surface area contributed by atoms with Crippen LogP contribution in [0.1, 0.15) is 24.0 Å². The van der Waals surface area contributed by atoms with Gasteiger partial charge in [-0.05, 0) is 85.0 Å². The van der Waals surface area contributed by atoms with Gasteiger partial charge in [0.1, 0.15) is 23.3 Å². The Bertz CT molecular complexity index is 2340. The van der Waals surface area contributed by atoms with Gasteiger partial charge < -0.3 is 22.1 Å². The Hall–Kier alpha value is -6.46. The van der Waals surface area contributed by atoms with Crippen molar-refractivity contribution in [3.8, 4) is 22.5 Å². The number of carbonyl (C=O) groups excluding carboxylic acids is 2. The Morgan fingerprint density at radius 2 is 1.04 bits per heavy atom. The van der Waals surface area contributed by atoms with Crippen molar-refractivity contribution in [1.29, 1.82) is 0 Å². The predicted octanol–water partition coefficient (Wildman–Crippen LogP) is 7.44. The van der Waals surface area contributed by atoms with E-state index >= 15 is 0 Å². The van der Waals surface area contributed by atoms with Crippen LogP contribution in [0.2, 0.25) is 0 Å². The summed E-state index contributed by atoms with van der Waals surface area (Å²) in [7, 11) is 0. The molecule has 2 amide bonds. The lowest BCUT2D eigenvalue weighted by Crippen LogP contribution is -2.20. The number of fused-ring (bicyclic) bond motifs is 2. The molecule has 2 aliphatic carbocycles. The fraction of sp³-hybridized carbons (Fsp3) is 0.263. The van der Waals surface area contributed by atoms with Crippen LogP contribution in [-0.2, 0) is 9.59 Å². The number of nitrogens with one attached hydrogen (secondary N) is 2. The Morgan fingerprint density at radius 1 is 0.643 bits per heavy atom. The van der Waals surface area contributed by atoms with Crippen LogP contribution < -0.4 is 22.1 Å². The molecule has 6 aromatic rings. The number of aryl methyl sites for hydroxylation is 2. The van der Waals surface area contributed by atoms with E-state index < -0.39 is 47.8 Å². The highest BCUT2D eigenvalue weighted by atomic mass is 19.4. The van der Waals surface area contributed by atoms with E-state index in [1.54, 1.807) is 49.1 Å². The summed E-state index contributed by atoms with van der Waals surface area (Å²) in [6, 6.07) is 10.4. The Kier molecular flexibility index (Phi) is 9.67. The molecule has 2 fully saturated rings. The van der Waals surface area contributed by atoms with E-state index in [4.69, 9.17) is 11.5 Å². The monoisotopic (exact) mass is 774 g/mol. The third-order valence-electron chi connectivity index (χ3n) is 9.72. The minimum Gasteiger partial charge on any atom is -0.383 e. The highest BCUT2D eigenvalue weighted by Crippen LogP contribution is 2.51. The smallest absolute Gasteiger partial charge is 0.383 e. The van der Waals surface area contributed by atoms with Gasteiger partial charge in [-0.15, -0.1) is 0 Å². The average Bonchev–Trinajstić information content (AvgIpc) is 4.05. The molecule has 2 saturated carbocycles. The molecule has 0 bridgehead atoms. The maximum Gasteiger partial charge on any atom is 0.392 e. The summed E-state index contributed by atoms with van der Waals surface area (Å²) < 4.78 is 76.0. The number of hydrogen-bond donors (Lipinski definition) is 4. The van der Waals surface area contributed by atoms with E-state index in [9.17, 15) is 35.9 Å². The molecular formula is C38H32F6N10O2. The van der Waals surface area contributed by atoms with Gasteiger partial charge >= 0.3 is 12.4 Å². The molecule has 12 nitrogen and oxygen atoms in total. The van der Waals surface area contributed by atoms with Gasteiger partial charge in [0.25, 0.3) is 0 Å². The number of halogens is 6. The number of nitrogen functional groups attached to an aromatic ring is 2. The first-order valence-corrected chi connectivity index (χ1v) is 17.2. The van der Waals surface area contributed by atoms with E-state index in [0.29, 0.717) is 32.9 Å². The van der Waals surface area contributed by atoms with Crippen molar-refractivity contribution in [2.45, 2.75) is 39.0 Å². The summed E-state index contributed by atoms with van der Waals surface area (Å²) in [4.78, 5) is 49.3. The number of pyridine rings is 6. The fourth-order valence-electron chi connectivity index (χ4n) is 6.36. The number of carbonyl (C=O) groups is 2. The van der Waals surface area contributed by atoms with Gasteiger partial charge in [0, 0.05) is 59.1 Å². The van der Waals surface area contributed by atoms with Crippen LogP contribution in [0.5, 0.6) is 0 Å². The molecular weight excluding hydrogens is 742 g/mol. The van der Waals surface area contributed by atoms with E-state index in [1.807, 2.05) is 26.0 Å². The molecule has 6 heterocycles. The first-order chi connectivity index (χ1) is 26.5. The number of nitrogens with two attached hydrogens (primary N) is 2. The van der Waals surface area contributed by atoms with Gasteiger partial charge in [0.15, 0.2) is 0 Å². The average molecular weight is 775 g/mol. The molecule has 2 aliphatic rings. The van der Waals surface area contributed by atoms with Gasteiger partial charge in [-0.2, -0.15) is 26.3 Å². The maximum atomic E-state index is 12.7. The highest BCUT2D eigenvalue weighted by molar-refractivity contribution is 6.00.